The lowest BCUT2D eigenvalue weighted by molar-refractivity contribution is 0.414. The van der Waals surface area contributed by atoms with Crippen LogP contribution >= 0.6 is 0 Å². The summed E-state index contributed by atoms with van der Waals surface area (Å²) in [5, 5.41) is 6.59. The van der Waals surface area contributed by atoms with Crippen molar-refractivity contribution >= 4 is 5.96 Å². The Kier molecular flexibility index (Phi) is 5.01. The van der Waals surface area contributed by atoms with E-state index in [0.29, 0.717) is 6.54 Å². The summed E-state index contributed by atoms with van der Waals surface area (Å²) >= 11 is 0. The minimum atomic E-state index is -0.00375. The Morgan fingerprint density at radius 3 is 2.61 bits per heavy atom. The molecule has 1 aromatic rings. The van der Waals surface area contributed by atoms with Crippen LogP contribution in [0.3, 0.4) is 0 Å². The van der Waals surface area contributed by atoms with Crippen molar-refractivity contribution in [2.45, 2.75) is 32.9 Å². The van der Waals surface area contributed by atoms with E-state index in [1.165, 1.54) is 0 Å². The molecule has 0 bridgehead atoms. The zero-order valence-corrected chi connectivity index (χ0v) is 11.9. The third kappa shape index (κ3) is 5.08. The average molecular weight is 249 g/mol. The SMILES string of the molecule is CN=C(NCc1cccc(OC)c1)NC(C)(C)C. The van der Waals surface area contributed by atoms with Crippen LogP contribution in [0.25, 0.3) is 0 Å². The van der Waals surface area contributed by atoms with Crippen LogP contribution in [-0.2, 0) is 6.54 Å². The minimum Gasteiger partial charge on any atom is -0.497 e. The summed E-state index contributed by atoms with van der Waals surface area (Å²) in [5.74, 6) is 1.67. The van der Waals surface area contributed by atoms with Crippen molar-refractivity contribution in [3.63, 3.8) is 0 Å². The van der Waals surface area contributed by atoms with Gasteiger partial charge in [-0.25, -0.2) is 0 Å². The fourth-order valence-corrected chi connectivity index (χ4v) is 1.50. The van der Waals surface area contributed by atoms with Crippen molar-refractivity contribution in [1.82, 2.24) is 10.6 Å². The molecule has 0 atom stereocenters. The first-order valence-electron chi connectivity index (χ1n) is 6.06. The number of ether oxygens (including phenoxy) is 1. The van der Waals surface area contributed by atoms with Crippen molar-refractivity contribution in [2.75, 3.05) is 14.2 Å². The molecule has 0 aliphatic heterocycles. The summed E-state index contributed by atoms with van der Waals surface area (Å²) in [6.45, 7) is 7.02. The standard InChI is InChI=1S/C14H23N3O/c1-14(2,3)17-13(15-4)16-10-11-7-6-8-12(9-11)18-5/h6-9H,10H2,1-5H3,(H2,15,16,17). The molecular weight excluding hydrogens is 226 g/mol. The van der Waals surface area contributed by atoms with Gasteiger partial charge in [-0.2, -0.15) is 0 Å². The van der Waals surface area contributed by atoms with Crippen molar-refractivity contribution < 1.29 is 4.74 Å². The Labute approximate surface area is 109 Å². The molecule has 4 nitrogen and oxygen atoms in total. The topological polar surface area (TPSA) is 45.7 Å². The lowest BCUT2D eigenvalue weighted by atomic mass is 10.1. The highest BCUT2D eigenvalue weighted by molar-refractivity contribution is 5.80. The van der Waals surface area contributed by atoms with E-state index in [-0.39, 0.29) is 5.54 Å². The van der Waals surface area contributed by atoms with Crippen LogP contribution < -0.4 is 15.4 Å². The molecule has 0 saturated heterocycles. The lowest BCUT2D eigenvalue weighted by Gasteiger charge is -2.23. The van der Waals surface area contributed by atoms with E-state index in [1.54, 1.807) is 14.2 Å². The molecule has 4 heteroatoms. The van der Waals surface area contributed by atoms with E-state index in [0.717, 1.165) is 17.3 Å². The molecule has 0 spiro atoms. The second-order valence-electron chi connectivity index (χ2n) is 5.15. The van der Waals surface area contributed by atoms with Gasteiger partial charge in [0.2, 0.25) is 0 Å². The van der Waals surface area contributed by atoms with Crippen LogP contribution in [0.2, 0.25) is 0 Å². The first-order chi connectivity index (χ1) is 8.44. The Balaban J connectivity index is 2.57. The Bertz CT molecular complexity index is 408. The molecule has 0 heterocycles. The van der Waals surface area contributed by atoms with Gasteiger partial charge in [0.25, 0.3) is 0 Å². The smallest absolute Gasteiger partial charge is 0.191 e. The summed E-state index contributed by atoms with van der Waals surface area (Å²) in [6.07, 6.45) is 0. The molecule has 1 rings (SSSR count). The van der Waals surface area contributed by atoms with E-state index >= 15 is 0 Å². The molecule has 0 aliphatic carbocycles. The lowest BCUT2D eigenvalue weighted by Crippen LogP contribution is -2.47. The van der Waals surface area contributed by atoms with Gasteiger partial charge in [-0.15, -0.1) is 0 Å². The highest BCUT2D eigenvalue weighted by Gasteiger charge is 2.11. The highest BCUT2D eigenvalue weighted by Crippen LogP contribution is 2.12. The van der Waals surface area contributed by atoms with Gasteiger partial charge in [0, 0.05) is 19.1 Å². The van der Waals surface area contributed by atoms with Crippen molar-refractivity contribution in [1.29, 1.82) is 0 Å². The van der Waals surface area contributed by atoms with E-state index in [4.69, 9.17) is 4.74 Å². The number of rotatable bonds is 3. The van der Waals surface area contributed by atoms with Crippen molar-refractivity contribution in [3.8, 4) is 5.75 Å². The molecule has 1 aromatic carbocycles. The largest absolute Gasteiger partial charge is 0.497 e. The van der Waals surface area contributed by atoms with Crippen LogP contribution in [0, 0.1) is 0 Å². The number of methoxy groups -OCH3 is 1. The van der Waals surface area contributed by atoms with Crippen LogP contribution in [-0.4, -0.2) is 25.7 Å². The summed E-state index contributed by atoms with van der Waals surface area (Å²) < 4.78 is 5.19. The molecule has 100 valence electrons. The maximum Gasteiger partial charge on any atom is 0.191 e. The zero-order chi connectivity index (χ0) is 13.6. The summed E-state index contributed by atoms with van der Waals surface area (Å²) in [5.41, 5.74) is 1.15. The predicted octanol–water partition coefficient (Wildman–Crippen LogP) is 2.16. The molecule has 0 aliphatic rings. The number of guanidine groups is 1. The van der Waals surface area contributed by atoms with E-state index in [9.17, 15) is 0 Å². The first kappa shape index (κ1) is 14.4. The molecule has 2 N–H and O–H groups in total. The molecule has 18 heavy (non-hydrogen) atoms. The number of hydrogen-bond acceptors (Lipinski definition) is 2. The molecule has 0 unspecified atom stereocenters. The van der Waals surface area contributed by atoms with Gasteiger partial charge < -0.3 is 15.4 Å². The van der Waals surface area contributed by atoms with E-state index in [2.05, 4.69) is 42.5 Å². The normalized spacial score (nSPS) is 12.2. The van der Waals surface area contributed by atoms with Crippen LogP contribution in [0.1, 0.15) is 26.3 Å². The number of nitrogens with zero attached hydrogens (tertiary/aromatic N) is 1. The van der Waals surface area contributed by atoms with Gasteiger partial charge >= 0.3 is 0 Å². The number of benzene rings is 1. The Morgan fingerprint density at radius 1 is 1.33 bits per heavy atom. The third-order valence-corrected chi connectivity index (χ3v) is 2.31. The second-order valence-corrected chi connectivity index (χ2v) is 5.15. The monoisotopic (exact) mass is 249 g/mol. The van der Waals surface area contributed by atoms with E-state index < -0.39 is 0 Å². The van der Waals surface area contributed by atoms with Gasteiger partial charge in [-0.1, -0.05) is 12.1 Å². The second kappa shape index (κ2) is 6.28. The zero-order valence-electron chi connectivity index (χ0n) is 11.9. The molecular formula is C14H23N3O. The average Bonchev–Trinajstić information content (AvgIpc) is 2.33. The van der Waals surface area contributed by atoms with Crippen LogP contribution in [0.5, 0.6) is 5.75 Å². The van der Waals surface area contributed by atoms with Gasteiger partial charge in [-0.3, -0.25) is 4.99 Å². The fourth-order valence-electron chi connectivity index (χ4n) is 1.50. The quantitative estimate of drug-likeness (QED) is 0.637. The third-order valence-electron chi connectivity index (χ3n) is 2.31. The number of nitrogens with one attached hydrogen (secondary N) is 2. The van der Waals surface area contributed by atoms with Gasteiger partial charge in [0.1, 0.15) is 5.75 Å². The van der Waals surface area contributed by atoms with Crippen LogP contribution in [0.4, 0.5) is 0 Å². The molecule has 0 amide bonds. The molecule has 0 radical (unpaired) electrons. The van der Waals surface area contributed by atoms with Gasteiger partial charge in [-0.05, 0) is 38.5 Å². The molecule has 0 aromatic heterocycles. The Hall–Kier alpha value is -1.71. The maximum absolute atomic E-state index is 5.19. The summed E-state index contributed by atoms with van der Waals surface area (Å²) in [4.78, 5) is 4.19. The maximum atomic E-state index is 5.19. The Morgan fingerprint density at radius 2 is 2.06 bits per heavy atom. The summed E-state index contributed by atoms with van der Waals surface area (Å²) in [6, 6.07) is 7.98. The van der Waals surface area contributed by atoms with Crippen molar-refractivity contribution in [3.05, 3.63) is 29.8 Å². The van der Waals surface area contributed by atoms with E-state index in [1.807, 2.05) is 18.2 Å². The highest BCUT2D eigenvalue weighted by atomic mass is 16.5. The predicted molar refractivity (Wildman–Crippen MR) is 76.1 cm³/mol. The number of hydrogen-bond donors (Lipinski definition) is 2. The molecule has 0 fully saturated rings. The number of aliphatic imine (C=N–C) groups is 1. The molecule has 0 saturated carbocycles. The summed E-state index contributed by atoms with van der Waals surface area (Å²) in [7, 11) is 3.44. The minimum absolute atomic E-state index is 0.00375. The first-order valence-corrected chi connectivity index (χ1v) is 6.06. The van der Waals surface area contributed by atoms with Gasteiger partial charge in [0.15, 0.2) is 5.96 Å². The van der Waals surface area contributed by atoms with Crippen LogP contribution in [0.15, 0.2) is 29.3 Å². The fraction of sp³-hybridized carbons (Fsp3) is 0.500. The van der Waals surface area contributed by atoms with Gasteiger partial charge in [0.05, 0.1) is 7.11 Å². The van der Waals surface area contributed by atoms with Crippen molar-refractivity contribution in [2.24, 2.45) is 4.99 Å².